The lowest BCUT2D eigenvalue weighted by atomic mass is 10.1. The summed E-state index contributed by atoms with van der Waals surface area (Å²) in [5, 5.41) is 11.0. The molecule has 2 heteroatoms. The first kappa shape index (κ1) is 9.03. The highest BCUT2D eigenvalue weighted by atomic mass is 16.5. The molecule has 2 nitrogen and oxygen atoms in total. The third-order valence-electron chi connectivity index (χ3n) is 2.08. The van der Waals surface area contributed by atoms with Crippen molar-refractivity contribution in [2.24, 2.45) is 0 Å². The molecule has 0 fully saturated rings. The minimum atomic E-state index is 0.0484. The van der Waals surface area contributed by atoms with Crippen molar-refractivity contribution in [3.63, 3.8) is 0 Å². The third-order valence-corrected chi connectivity index (χ3v) is 2.08. The molecule has 0 unspecified atom stereocenters. The van der Waals surface area contributed by atoms with Crippen molar-refractivity contribution in [3.8, 4) is 5.75 Å². The maximum absolute atomic E-state index is 8.62. The lowest BCUT2D eigenvalue weighted by Gasteiger charge is -2.04. The van der Waals surface area contributed by atoms with Crippen LogP contribution < -0.4 is 4.74 Å². The van der Waals surface area contributed by atoms with Crippen molar-refractivity contribution in [3.05, 3.63) is 42.5 Å². The van der Waals surface area contributed by atoms with E-state index >= 15 is 0 Å². The van der Waals surface area contributed by atoms with Gasteiger partial charge in [0, 0.05) is 0 Å². The molecule has 0 aliphatic heterocycles. The Bertz CT molecular complexity index is 423. The van der Waals surface area contributed by atoms with Gasteiger partial charge in [-0.2, -0.15) is 0 Å². The van der Waals surface area contributed by atoms with E-state index in [1.807, 2.05) is 36.4 Å². The third kappa shape index (κ3) is 1.86. The van der Waals surface area contributed by atoms with Crippen molar-refractivity contribution in [1.82, 2.24) is 0 Å². The van der Waals surface area contributed by atoms with Crippen LogP contribution in [0.5, 0.6) is 5.75 Å². The summed E-state index contributed by atoms with van der Waals surface area (Å²) in [6, 6.07) is 14.0. The molecule has 0 radical (unpaired) electrons. The molecule has 14 heavy (non-hydrogen) atoms. The van der Waals surface area contributed by atoms with E-state index in [0.29, 0.717) is 6.61 Å². The van der Waals surface area contributed by atoms with Crippen LogP contribution >= 0.6 is 0 Å². The van der Waals surface area contributed by atoms with Gasteiger partial charge >= 0.3 is 0 Å². The summed E-state index contributed by atoms with van der Waals surface area (Å²) >= 11 is 0. The highest BCUT2D eigenvalue weighted by Crippen LogP contribution is 2.20. The largest absolute Gasteiger partial charge is 0.491 e. The van der Waals surface area contributed by atoms with Crippen LogP contribution in [-0.2, 0) is 0 Å². The maximum atomic E-state index is 8.62. The molecule has 0 heterocycles. The zero-order valence-electron chi connectivity index (χ0n) is 7.81. The number of ether oxygens (including phenoxy) is 1. The Hall–Kier alpha value is -1.54. The fraction of sp³-hybridized carbons (Fsp3) is 0.167. The molecule has 1 N–H and O–H groups in total. The second-order valence-electron chi connectivity index (χ2n) is 3.08. The Morgan fingerprint density at radius 2 is 1.79 bits per heavy atom. The van der Waals surface area contributed by atoms with Crippen LogP contribution in [0.3, 0.4) is 0 Å². The molecule has 0 bridgehead atoms. The molecule has 0 saturated carbocycles. The van der Waals surface area contributed by atoms with E-state index in [2.05, 4.69) is 6.07 Å². The van der Waals surface area contributed by atoms with Crippen LogP contribution in [0.4, 0.5) is 0 Å². The first-order chi connectivity index (χ1) is 6.90. The molecule has 72 valence electrons. The smallest absolute Gasteiger partial charge is 0.120 e. The van der Waals surface area contributed by atoms with E-state index in [-0.39, 0.29) is 6.61 Å². The lowest BCUT2D eigenvalue weighted by Crippen LogP contribution is -2.01. The SMILES string of the molecule is OCCOc1ccc2ccccc2c1. The van der Waals surface area contributed by atoms with Crippen LogP contribution in [0.2, 0.25) is 0 Å². The van der Waals surface area contributed by atoms with Gasteiger partial charge in [-0.1, -0.05) is 30.3 Å². The summed E-state index contributed by atoms with van der Waals surface area (Å²) in [5.41, 5.74) is 0. The van der Waals surface area contributed by atoms with Gasteiger partial charge in [0.1, 0.15) is 12.4 Å². The van der Waals surface area contributed by atoms with Gasteiger partial charge in [-0.3, -0.25) is 0 Å². The topological polar surface area (TPSA) is 29.5 Å². The van der Waals surface area contributed by atoms with Crippen molar-refractivity contribution in [2.45, 2.75) is 0 Å². The Morgan fingerprint density at radius 1 is 1.00 bits per heavy atom. The number of benzene rings is 2. The minimum Gasteiger partial charge on any atom is -0.491 e. The quantitative estimate of drug-likeness (QED) is 0.800. The van der Waals surface area contributed by atoms with Gasteiger partial charge < -0.3 is 9.84 Å². The Kier molecular flexibility index (Phi) is 2.65. The van der Waals surface area contributed by atoms with Crippen molar-refractivity contribution < 1.29 is 9.84 Å². The van der Waals surface area contributed by atoms with Crippen LogP contribution in [0.1, 0.15) is 0 Å². The molecule has 0 amide bonds. The van der Waals surface area contributed by atoms with E-state index in [9.17, 15) is 0 Å². The van der Waals surface area contributed by atoms with Gasteiger partial charge in [-0.05, 0) is 22.9 Å². The molecule has 2 rings (SSSR count). The van der Waals surface area contributed by atoms with Gasteiger partial charge in [0.15, 0.2) is 0 Å². The van der Waals surface area contributed by atoms with Crippen molar-refractivity contribution in [2.75, 3.05) is 13.2 Å². The van der Waals surface area contributed by atoms with Gasteiger partial charge in [-0.25, -0.2) is 0 Å². The second kappa shape index (κ2) is 4.11. The van der Waals surface area contributed by atoms with Crippen LogP contribution in [-0.4, -0.2) is 18.3 Å². The fourth-order valence-electron chi connectivity index (χ4n) is 1.42. The number of hydrogen-bond acceptors (Lipinski definition) is 2. The van der Waals surface area contributed by atoms with E-state index in [4.69, 9.17) is 9.84 Å². The summed E-state index contributed by atoms with van der Waals surface area (Å²) in [7, 11) is 0. The van der Waals surface area contributed by atoms with E-state index < -0.39 is 0 Å². The van der Waals surface area contributed by atoms with Crippen LogP contribution in [0, 0.1) is 0 Å². The fourth-order valence-corrected chi connectivity index (χ4v) is 1.42. The van der Waals surface area contributed by atoms with Crippen molar-refractivity contribution in [1.29, 1.82) is 0 Å². The summed E-state index contributed by atoms with van der Waals surface area (Å²) in [6.45, 7) is 0.394. The highest BCUT2D eigenvalue weighted by molar-refractivity contribution is 5.83. The zero-order valence-corrected chi connectivity index (χ0v) is 7.81. The molecule has 0 aliphatic rings. The Balaban J connectivity index is 2.32. The van der Waals surface area contributed by atoms with E-state index in [0.717, 1.165) is 11.1 Å². The maximum Gasteiger partial charge on any atom is 0.120 e. The van der Waals surface area contributed by atoms with E-state index in [1.54, 1.807) is 0 Å². The van der Waals surface area contributed by atoms with Gasteiger partial charge in [0.2, 0.25) is 0 Å². The highest BCUT2D eigenvalue weighted by Gasteiger charge is 1.95. The first-order valence-electron chi connectivity index (χ1n) is 4.62. The van der Waals surface area contributed by atoms with E-state index in [1.165, 1.54) is 5.39 Å². The average molecular weight is 188 g/mol. The van der Waals surface area contributed by atoms with Crippen LogP contribution in [0.25, 0.3) is 10.8 Å². The average Bonchev–Trinajstić information content (AvgIpc) is 2.26. The summed E-state index contributed by atoms with van der Waals surface area (Å²) in [5.74, 6) is 0.803. The molecular formula is C12H12O2. The molecule has 2 aromatic rings. The van der Waals surface area contributed by atoms with Gasteiger partial charge in [0.05, 0.1) is 6.61 Å². The predicted octanol–water partition coefficient (Wildman–Crippen LogP) is 2.21. The summed E-state index contributed by atoms with van der Waals surface area (Å²) in [4.78, 5) is 0. The Labute approximate surface area is 82.8 Å². The Morgan fingerprint density at radius 3 is 2.57 bits per heavy atom. The number of rotatable bonds is 3. The molecule has 0 aromatic heterocycles. The minimum absolute atomic E-state index is 0.0484. The standard InChI is InChI=1S/C12H12O2/c13-7-8-14-12-6-5-10-3-1-2-4-11(10)9-12/h1-6,9,13H,7-8H2. The first-order valence-corrected chi connectivity index (χ1v) is 4.62. The summed E-state index contributed by atoms with van der Waals surface area (Å²) in [6.07, 6.45) is 0. The molecule has 0 aliphatic carbocycles. The second-order valence-corrected chi connectivity index (χ2v) is 3.08. The van der Waals surface area contributed by atoms with Gasteiger partial charge in [0.25, 0.3) is 0 Å². The number of aliphatic hydroxyl groups is 1. The predicted molar refractivity (Wildman–Crippen MR) is 56.5 cm³/mol. The number of aliphatic hydroxyl groups excluding tert-OH is 1. The molecule has 0 atom stereocenters. The van der Waals surface area contributed by atoms with Gasteiger partial charge in [-0.15, -0.1) is 0 Å². The summed E-state index contributed by atoms with van der Waals surface area (Å²) < 4.78 is 5.31. The zero-order chi connectivity index (χ0) is 9.80. The van der Waals surface area contributed by atoms with Crippen LogP contribution in [0.15, 0.2) is 42.5 Å². The normalized spacial score (nSPS) is 10.4. The molecule has 0 spiro atoms. The number of hydrogen-bond donors (Lipinski definition) is 1. The van der Waals surface area contributed by atoms with Crippen molar-refractivity contribution >= 4 is 10.8 Å². The molecule has 0 saturated heterocycles. The lowest BCUT2D eigenvalue weighted by molar-refractivity contribution is 0.201. The monoisotopic (exact) mass is 188 g/mol. The molecular weight excluding hydrogens is 176 g/mol. The molecule has 2 aromatic carbocycles. The number of fused-ring (bicyclic) bond motifs is 1.